The van der Waals surface area contributed by atoms with Gasteiger partial charge in [-0.2, -0.15) is 0 Å². The molecule has 0 aliphatic carbocycles. The number of carbonyl (C=O) groups excluding carboxylic acids is 1. The van der Waals surface area contributed by atoms with Crippen molar-refractivity contribution in [1.29, 1.82) is 0 Å². The Balaban J connectivity index is 2.14. The summed E-state index contributed by atoms with van der Waals surface area (Å²) in [7, 11) is 1.59. The Morgan fingerprint density at radius 1 is 1.40 bits per heavy atom. The third-order valence-electron chi connectivity index (χ3n) is 2.89. The molecule has 1 aromatic carbocycles. The van der Waals surface area contributed by atoms with Crippen LogP contribution in [0.1, 0.15) is 25.9 Å². The lowest BCUT2D eigenvalue weighted by Gasteiger charge is -2.09. The number of halogens is 1. The topological polar surface area (TPSA) is 54.0 Å². The maximum Gasteiger partial charge on any atom is 0.252 e. The van der Waals surface area contributed by atoms with Gasteiger partial charge in [0, 0.05) is 17.6 Å². The lowest BCUT2D eigenvalue weighted by Crippen LogP contribution is -2.18. The zero-order valence-corrected chi connectivity index (χ0v) is 13.2. The Bertz CT molecular complexity index is 639. The van der Waals surface area contributed by atoms with Crippen LogP contribution in [0.5, 0.6) is 0 Å². The fourth-order valence-corrected chi connectivity index (χ4v) is 2.94. The maximum atomic E-state index is 11.7. The second-order valence-corrected chi connectivity index (χ2v) is 6.06. The highest BCUT2D eigenvalue weighted by Crippen LogP contribution is 2.23. The van der Waals surface area contributed by atoms with Gasteiger partial charge in [-0.3, -0.25) is 4.79 Å². The van der Waals surface area contributed by atoms with Crippen molar-refractivity contribution in [2.75, 3.05) is 12.4 Å². The lowest BCUT2D eigenvalue weighted by atomic mass is 10.2. The van der Waals surface area contributed by atoms with E-state index in [1.807, 2.05) is 19.9 Å². The molecule has 20 heavy (non-hydrogen) atoms. The van der Waals surface area contributed by atoms with Gasteiger partial charge in [-0.1, -0.05) is 11.6 Å². The minimum atomic E-state index is -0.191. The molecule has 4 nitrogen and oxygen atoms in total. The zero-order valence-electron chi connectivity index (χ0n) is 11.6. The monoisotopic (exact) mass is 309 g/mol. The quantitative estimate of drug-likeness (QED) is 0.910. The standard InChI is InChI=1S/C14H16ClN3OS/c1-8-13(20-9(2)18-8)7-17-10-4-5-12(15)11(6-10)14(19)16-3/h4-6,17H,7H2,1-3H3,(H,16,19). The smallest absolute Gasteiger partial charge is 0.252 e. The van der Waals surface area contributed by atoms with E-state index < -0.39 is 0 Å². The molecule has 2 aromatic rings. The molecule has 0 radical (unpaired) electrons. The fourth-order valence-electron chi connectivity index (χ4n) is 1.86. The molecule has 1 amide bonds. The largest absolute Gasteiger partial charge is 0.380 e. The van der Waals surface area contributed by atoms with Crippen LogP contribution in [0.15, 0.2) is 18.2 Å². The Morgan fingerprint density at radius 3 is 2.75 bits per heavy atom. The Hall–Kier alpha value is -1.59. The van der Waals surface area contributed by atoms with Crippen LogP contribution in [0.4, 0.5) is 5.69 Å². The molecule has 0 atom stereocenters. The van der Waals surface area contributed by atoms with Crippen LogP contribution in [-0.2, 0) is 6.54 Å². The van der Waals surface area contributed by atoms with Crippen LogP contribution in [-0.4, -0.2) is 17.9 Å². The van der Waals surface area contributed by atoms with Crippen molar-refractivity contribution >= 4 is 34.5 Å². The number of aryl methyl sites for hydroxylation is 2. The fraction of sp³-hybridized carbons (Fsp3) is 0.286. The number of amides is 1. The van der Waals surface area contributed by atoms with Gasteiger partial charge in [0.05, 0.1) is 27.8 Å². The van der Waals surface area contributed by atoms with Gasteiger partial charge in [-0.25, -0.2) is 4.98 Å². The van der Waals surface area contributed by atoms with E-state index in [9.17, 15) is 4.79 Å². The minimum absolute atomic E-state index is 0.191. The predicted octanol–water partition coefficient (Wildman–Crippen LogP) is 3.39. The first kappa shape index (κ1) is 14.8. The summed E-state index contributed by atoms with van der Waals surface area (Å²) in [5, 5.41) is 7.37. The first-order valence-electron chi connectivity index (χ1n) is 6.19. The third kappa shape index (κ3) is 3.29. The minimum Gasteiger partial charge on any atom is -0.380 e. The number of nitrogens with one attached hydrogen (secondary N) is 2. The van der Waals surface area contributed by atoms with Crippen LogP contribution >= 0.6 is 22.9 Å². The number of rotatable bonds is 4. The molecule has 106 valence electrons. The SMILES string of the molecule is CNC(=O)c1cc(NCc2sc(C)nc2C)ccc1Cl. The molecule has 2 N–H and O–H groups in total. The summed E-state index contributed by atoms with van der Waals surface area (Å²) in [4.78, 5) is 17.3. The molecule has 0 saturated carbocycles. The van der Waals surface area contributed by atoms with Crippen LogP contribution in [0, 0.1) is 13.8 Å². The number of nitrogens with zero attached hydrogens (tertiary/aromatic N) is 1. The summed E-state index contributed by atoms with van der Waals surface area (Å²) >= 11 is 7.69. The molecular weight excluding hydrogens is 294 g/mol. The molecule has 1 aromatic heterocycles. The number of carbonyl (C=O) groups is 1. The number of hydrogen-bond acceptors (Lipinski definition) is 4. The Kier molecular flexibility index (Phi) is 4.62. The highest BCUT2D eigenvalue weighted by molar-refractivity contribution is 7.11. The van der Waals surface area contributed by atoms with Crippen molar-refractivity contribution < 1.29 is 4.79 Å². The van der Waals surface area contributed by atoms with E-state index in [-0.39, 0.29) is 5.91 Å². The van der Waals surface area contributed by atoms with Gasteiger partial charge >= 0.3 is 0 Å². The molecule has 0 aliphatic rings. The van der Waals surface area contributed by atoms with Gasteiger partial charge in [-0.15, -0.1) is 11.3 Å². The maximum absolute atomic E-state index is 11.7. The molecule has 2 rings (SSSR count). The van der Waals surface area contributed by atoms with Crippen molar-refractivity contribution in [3.8, 4) is 0 Å². The van der Waals surface area contributed by atoms with Crippen molar-refractivity contribution in [1.82, 2.24) is 10.3 Å². The molecule has 1 heterocycles. The molecule has 0 fully saturated rings. The average Bonchev–Trinajstić information content (AvgIpc) is 2.75. The normalized spacial score (nSPS) is 10.4. The van der Waals surface area contributed by atoms with Crippen LogP contribution in [0.2, 0.25) is 5.02 Å². The molecule has 0 spiro atoms. The van der Waals surface area contributed by atoms with E-state index in [4.69, 9.17) is 11.6 Å². The van der Waals surface area contributed by atoms with Crippen LogP contribution in [0.25, 0.3) is 0 Å². The van der Waals surface area contributed by atoms with Crippen LogP contribution < -0.4 is 10.6 Å². The van der Waals surface area contributed by atoms with E-state index in [0.717, 1.165) is 16.4 Å². The summed E-state index contributed by atoms with van der Waals surface area (Å²) in [6, 6.07) is 5.33. The molecule has 0 saturated heterocycles. The van der Waals surface area contributed by atoms with E-state index in [1.54, 1.807) is 30.5 Å². The van der Waals surface area contributed by atoms with Crippen molar-refractivity contribution in [2.24, 2.45) is 0 Å². The number of aromatic nitrogens is 1. The highest BCUT2D eigenvalue weighted by Gasteiger charge is 2.10. The molecule has 0 aliphatic heterocycles. The van der Waals surface area contributed by atoms with Gasteiger partial charge in [0.1, 0.15) is 0 Å². The summed E-state index contributed by atoms with van der Waals surface area (Å²) in [6.07, 6.45) is 0. The van der Waals surface area contributed by atoms with E-state index >= 15 is 0 Å². The van der Waals surface area contributed by atoms with Crippen molar-refractivity contribution in [2.45, 2.75) is 20.4 Å². The lowest BCUT2D eigenvalue weighted by molar-refractivity contribution is 0.0963. The van der Waals surface area contributed by atoms with Gasteiger partial charge in [0.15, 0.2) is 0 Å². The second-order valence-electron chi connectivity index (χ2n) is 4.37. The third-order valence-corrected chi connectivity index (χ3v) is 4.29. The van der Waals surface area contributed by atoms with Gasteiger partial charge in [0.25, 0.3) is 5.91 Å². The van der Waals surface area contributed by atoms with Gasteiger partial charge < -0.3 is 10.6 Å². The summed E-state index contributed by atoms with van der Waals surface area (Å²) < 4.78 is 0. The summed E-state index contributed by atoms with van der Waals surface area (Å²) in [5.74, 6) is -0.191. The summed E-state index contributed by atoms with van der Waals surface area (Å²) in [5.41, 5.74) is 2.37. The number of hydrogen-bond donors (Lipinski definition) is 2. The van der Waals surface area contributed by atoms with E-state index in [2.05, 4.69) is 15.6 Å². The van der Waals surface area contributed by atoms with Crippen molar-refractivity contribution in [3.63, 3.8) is 0 Å². The number of anilines is 1. The van der Waals surface area contributed by atoms with E-state index in [1.165, 1.54) is 4.88 Å². The molecule has 0 bridgehead atoms. The highest BCUT2D eigenvalue weighted by atomic mass is 35.5. The number of benzene rings is 1. The summed E-state index contributed by atoms with van der Waals surface area (Å²) in [6.45, 7) is 4.68. The van der Waals surface area contributed by atoms with E-state index in [0.29, 0.717) is 17.1 Å². The van der Waals surface area contributed by atoms with Crippen LogP contribution in [0.3, 0.4) is 0 Å². The Morgan fingerprint density at radius 2 is 2.15 bits per heavy atom. The molecule has 6 heteroatoms. The average molecular weight is 310 g/mol. The first-order valence-corrected chi connectivity index (χ1v) is 7.39. The van der Waals surface area contributed by atoms with Gasteiger partial charge in [0.2, 0.25) is 0 Å². The van der Waals surface area contributed by atoms with Crippen molar-refractivity contribution in [3.05, 3.63) is 44.4 Å². The molecular formula is C14H16ClN3OS. The molecule has 0 unspecified atom stereocenters. The second kappa shape index (κ2) is 6.24. The predicted molar refractivity (Wildman–Crippen MR) is 83.8 cm³/mol. The van der Waals surface area contributed by atoms with Gasteiger partial charge in [-0.05, 0) is 32.0 Å². The number of thiazole rings is 1. The zero-order chi connectivity index (χ0) is 14.7. The first-order chi connectivity index (χ1) is 9.51. The Labute approximate surface area is 127 Å².